The molecule has 0 aromatic rings. The fraction of sp³-hybridized carbons (Fsp3) is 0.875. The van der Waals surface area contributed by atoms with Crippen LogP contribution in [-0.2, 0) is 9.59 Å². The van der Waals surface area contributed by atoms with Gasteiger partial charge in [-0.2, -0.15) is 0 Å². The van der Waals surface area contributed by atoms with Crippen molar-refractivity contribution in [3.8, 4) is 0 Å². The van der Waals surface area contributed by atoms with Crippen molar-refractivity contribution in [2.45, 2.75) is 71.3 Å². The van der Waals surface area contributed by atoms with Gasteiger partial charge in [0.25, 0.3) is 0 Å². The summed E-state index contributed by atoms with van der Waals surface area (Å²) in [4.78, 5) is 27.1. The molecule has 0 aromatic heterocycles. The number of hydrogen-bond donors (Lipinski definition) is 1. The van der Waals surface area contributed by atoms with Crippen LogP contribution >= 0.6 is 0 Å². The average Bonchev–Trinajstić information content (AvgIpc) is 3.10. The molecule has 2 saturated carbocycles. The van der Waals surface area contributed by atoms with Crippen LogP contribution in [0.4, 0.5) is 0 Å². The fourth-order valence-electron chi connectivity index (χ4n) is 3.21. The summed E-state index contributed by atoms with van der Waals surface area (Å²) < 4.78 is 0. The summed E-state index contributed by atoms with van der Waals surface area (Å²) in [5.41, 5.74) is -0.715. The number of amides is 2. The van der Waals surface area contributed by atoms with Gasteiger partial charge in [0, 0.05) is 19.1 Å². The SMILES string of the molecule is CCCN(CCC)C(=O)C1(C(=O)NC2CCCC2)CC1. The molecule has 0 bridgehead atoms. The van der Waals surface area contributed by atoms with Crippen LogP contribution < -0.4 is 5.32 Å². The topological polar surface area (TPSA) is 49.4 Å². The summed E-state index contributed by atoms with van der Waals surface area (Å²) in [6, 6.07) is 0.304. The Morgan fingerprint density at radius 2 is 1.65 bits per heavy atom. The van der Waals surface area contributed by atoms with Crippen molar-refractivity contribution in [1.29, 1.82) is 0 Å². The summed E-state index contributed by atoms with van der Waals surface area (Å²) in [5.74, 6) is 0.0586. The minimum Gasteiger partial charge on any atom is -0.352 e. The van der Waals surface area contributed by atoms with Gasteiger partial charge in [0.15, 0.2) is 0 Å². The molecule has 0 aromatic carbocycles. The predicted molar refractivity (Wildman–Crippen MR) is 79.2 cm³/mol. The molecule has 0 radical (unpaired) electrons. The van der Waals surface area contributed by atoms with E-state index in [1.54, 1.807) is 0 Å². The quantitative estimate of drug-likeness (QED) is 0.728. The van der Waals surface area contributed by atoms with E-state index in [9.17, 15) is 9.59 Å². The van der Waals surface area contributed by atoms with E-state index in [0.29, 0.717) is 6.04 Å². The van der Waals surface area contributed by atoms with E-state index in [0.717, 1.165) is 51.6 Å². The lowest BCUT2D eigenvalue weighted by atomic mass is 10.0. The molecule has 114 valence electrons. The molecule has 2 amide bonds. The van der Waals surface area contributed by atoms with Crippen LogP contribution in [0.15, 0.2) is 0 Å². The van der Waals surface area contributed by atoms with Crippen LogP contribution in [0.1, 0.15) is 65.2 Å². The van der Waals surface area contributed by atoms with Gasteiger partial charge in [-0.25, -0.2) is 0 Å². The number of hydrogen-bond acceptors (Lipinski definition) is 2. The summed E-state index contributed by atoms with van der Waals surface area (Å²) in [5, 5.41) is 3.12. The van der Waals surface area contributed by atoms with Gasteiger partial charge in [0.05, 0.1) is 0 Å². The van der Waals surface area contributed by atoms with Crippen molar-refractivity contribution in [3.05, 3.63) is 0 Å². The highest BCUT2D eigenvalue weighted by Crippen LogP contribution is 2.48. The number of nitrogens with one attached hydrogen (secondary N) is 1. The van der Waals surface area contributed by atoms with Crippen LogP contribution in [0.2, 0.25) is 0 Å². The number of nitrogens with zero attached hydrogens (tertiary/aromatic N) is 1. The Bertz CT molecular complexity index is 351. The zero-order valence-corrected chi connectivity index (χ0v) is 12.9. The molecule has 4 heteroatoms. The van der Waals surface area contributed by atoms with Gasteiger partial charge in [-0.05, 0) is 38.5 Å². The van der Waals surface area contributed by atoms with Crippen molar-refractivity contribution in [2.75, 3.05) is 13.1 Å². The highest BCUT2D eigenvalue weighted by atomic mass is 16.2. The van der Waals surface area contributed by atoms with Gasteiger partial charge in [-0.15, -0.1) is 0 Å². The van der Waals surface area contributed by atoms with E-state index in [4.69, 9.17) is 0 Å². The lowest BCUT2D eigenvalue weighted by molar-refractivity contribution is -0.144. The van der Waals surface area contributed by atoms with Crippen LogP contribution in [0.5, 0.6) is 0 Å². The Kier molecular flexibility index (Phi) is 5.06. The third-order valence-electron chi connectivity index (χ3n) is 4.56. The van der Waals surface area contributed by atoms with Gasteiger partial charge < -0.3 is 10.2 Å². The zero-order valence-electron chi connectivity index (χ0n) is 12.9. The second-order valence-corrected chi connectivity index (χ2v) is 6.33. The molecule has 0 unspecified atom stereocenters. The lowest BCUT2D eigenvalue weighted by Crippen LogP contribution is -2.47. The molecule has 0 spiro atoms. The summed E-state index contributed by atoms with van der Waals surface area (Å²) in [6.07, 6.45) is 7.90. The maximum absolute atomic E-state index is 12.7. The maximum atomic E-state index is 12.7. The first-order chi connectivity index (χ1) is 9.64. The number of carbonyl (C=O) groups is 2. The van der Waals surface area contributed by atoms with Crippen LogP contribution in [0.25, 0.3) is 0 Å². The number of carbonyl (C=O) groups excluding carboxylic acids is 2. The van der Waals surface area contributed by atoms with E-state index in [1.807, 2.05) is 4.90 Å². The van der Waals surface area contributed by atoms with Gasteiger partial charge in [-0.3, -0.25) is 9.59 Å². The molecule has 2 fully saturated rings. The molecule has 0 aliphatic heterocycles. The Balaban J connectivity index is 1.97. The minimum atomic E-state index is -0.715. The molecule has 0 heterocycles. The molecule has 0 atom stereocenters. The maximum Gasteiger partial charge on any atom is 0.238 e. The van der Waals surface area contributed by atoms with E-state index >= 15 is 0 Å². The standard InChI is InChI=1S/C16H28N2O2/c1-3-11-18(12-4-2)15(20)16(9-10-16)14(19)17-13-7-5-6-8-13/h13H,3-12H2,1-2H3,(H,17,19). The van der Waals surface area contributed by atoms with Gasteiger partial charge >= 0.3 is 0 Å². The first-order valence-electron chi connectivity index (χ1n) is 8.24. The Morgan fingerprint density at radius 3 is 2.10 bits per heavy atom. The molecular formula is C16H28N2O2. The molecule has 20 heavy (non-hydrogen) atoms. The highest BCUT2D eigenvalue weighted by molar-refractivity contribution is 6.07. The summed E-state index contributed by atoms with van der Waals surface area (Å²) >= 11 is 0. The second kappa shape index (κ2) is 6.59. The van der Waals surface area contributed by atoms with E-state index < -0.39 is 5.41 Å². The molecule has 2 rings (SSSR count). The number of rotatable bonds is 7. The van der Waals surface area contributed by atoms with E-state index in [1.165, 1.54) is 12.8 Å². The lowest BCUT2D eigenvalue weighted by Gasteiger charge is -2.27. The molecular weight excluding hydrogens is 252 g/mol. The van der Waals surface area contributed by atoms with Gasteiger partial charge in [0.1, 0.15) is 5.41 Å². The van der Waals surface area contributed by atoms with Crippen molar-refractivity contribution in [3.63, 3.8) is 0 Å². The monoisotopic (exact) mass is 280 g/mol. The molecule has 2 aliphatic rings. The third kappa shape index (κ3) is 3.15. The first kappa shape index (κ1) is 15.3. The average molecular weight is 280 g/mol. The Labute approximate surface area is 122 Å². The van der Waals surface area contributed by atoms with Crippen molar-refractivity contribution in [1.82, 2.24) is 10.2 Å². The predicted octanol–water partition coefficient (Wildman–Crippen LogP) is 2.47. The summed E-state index contributed by atoms with van der Waals surface area (Å²) in [6.45, 7) is 5.69. The van der Waals surface area contributed by atoms with Gasteiger partial charge in [0.2, 0.25) is 11.8 Å². The smallest absolute Gasteiger partial charge is 0.238 e. The molecule has 2 aliphatic carbocycles. The highest BCUT2D eigenvalue weighted by Gasteiger charge is 2.58. The van der Waals surface area contributed by atoms with Crippen LogP contribution in [-0.4, -0.2) is 35.8 Å². The minimum absolute atomic E-state index is 0.00777. The Hall–Kier alpha value is -1.06. The van der Waals surface area contributed by atoms with E-state index in [2.05, 4.69) is 19.2 Å². The van der Waals surface area contributed by atoms with Crippen molar-refractivity contribution >= 4 is 11.8 Å². The second-order valence-electron chi connectivity index (χ2n) is 6.33. The molecule has 0 saturated heterocycles. The molecule has 4 nitrogen and oxygen atoms in total. The van der Waals surface area contributed by atoms with E-state index in [-0.39, 0.29) is 11.8 Å². The zero-order chi connectivity index (χ0) is 14.6. The van der Waals surface area contributed by atoms with Crippen molar-refractivity contribution in [2.24, 2.45) is 5.41 Å². The normalized spacial score (nSPS) is 20.7. The first-order valence-corrected chi connectivity index (χ1v) is 8.24. The Morgan fingerprint density at radius 1 is 1.10 bits per heavy atom. The fourth-order valence-corrected chi connectivity index (χ4v) is 3.21. The van der Waals surface area contributed by atoms with Crippen LogP contribution in [0.3, 0.4) is 0 Å². The third-order valence-corrected chi connectivity index (χ3v) is 4.56. The summed E-state index contributed by atoms with van der Waals surface area (Å²) in [7, 11) is 0. The van der Waals surface area contributed by atoms with Crippen molar-refractivity contribution < 1.29 is 9.59 Å². The van der Waals surface area contributed by atoms with Crippen LogP contribution in [0, 0.1) is 5.41 Å². The van der Waals surface area contributed by atoms with Gasteiger partial charge in [-0.1, -0.05) is 26.7 Å². The largest absolute Gasteiger partial charge is 0.352 e. The molecule has 1 N–H and O–H groups in total.